The lowest BCUT2D eigenvalue weighted by Gasteiger charge is -2.10. The van der Waals surface area contributed by atoms with Gasteiger partial charge in [0.2, 0.25) is 0 Å². The number of carbonyl (C=O) groups is 1. The molecule has 0 aliphatic heterocycles. The maximum atomic E-state index is 12.2. The van der Waals surface area contributed by atoms with Gasteiger partial charge in [0.1, 0.15) is 0 Å². The lowest BCUT2D eigenvalue weighted by molar-refractivity contribution is 0.251. The number of urea groups is 1. The van der Waals surface area contributed by atoms with E-state index in [9.17, 15) is 4.79 Å². The van der Waals surface area contributed by atoms with E-state index in [1.54, 1.807) is 0 Å². The summed E-state index contributed by atoms with van der Waals surface area (Å²) < 4.78 is 0. The Morgan fingerprint density at radius 2 is 1.33 bits per heavy atom. The van der Waals surface area contributed by atoms with Crippen LogP contribution in [0.3, 0.4) is 0 Å². The number of hydrogen-bond acceptors (Lipinski definition) is 2. The van der Waals surface area contributed by atoms with E-state index in [2.05, 4.69) is 65.9 Å². The van der Waals surface area contributed by atoms with Crippen molar-refractivity contribution in [3.05, 3.63) is 96.1 Å². The van der Waals surface area contributed by atoms with E-state index >= 15 is 0 Å². The minimum absolute atomic E-state index is 0.217. The van der Waals surface area contributed by atoms with Gasteiger partial charge >= 0.3 is 6.03 Å². The Bertz CT molecular complexity index is 974. The van der Waals surface area contributed by atoms with Crippen molar-refractivity contribution in [3.8, 4) is 11.1 Å². The van der Waals surface area contributed by atoms with Gasteiger partial charge < -0.3 is 16.0 Å². The molecule has 0 aliphatic rings. The number of carbonyl (C=O) groups excluding carboxylic acids is 1. The van der Waals surface area contributed by atoms with Crippen LogP contribution in [0.15, 0.2) is 79.4 Å². The molecule has 154 valence electrons. The Kier molecular flexibility index (Phi) is 7.41. The topological polar surface area (TPSA) is 53.2 Å². The molecule has 0 bridgehead atoms. The minimum atomic E-state index is -0.217. The molecular formula is C26H29N3O. The van der Waals surface area contributed by atoms with Crippen molar-refractivity contribution in [2.24, 2.45) is 0 Å². The molecule has 0 atom stereocenters. The van der Waals surface area contributed by atoms with Crippen molar-refractivity contribution in [1.29, 1.82) is 0 Å². The van der Waals surface area contributed by atoms with Crippen molar-refractivity contribution in [2.75, 3.05) is 11.9 Å². The molecule has 4 nitrogen and oxygen atoms in total. The summed E-state index contributed by atoms with van der Waals surface area (Å²) in [7, 11) is 0. The number of benzene rings is 3. The minimum Gasteiger partial charge on any atom is -0.334 e. The number of anilines is 1. The summed E-state index contributed by atoms with van der Waals surface area (Å²) in [6, 6.07) is 24.2. The Balaban J connectivity index is 1.51. The number of rotatable bonds is 8. The van der Waals surface area contributed by atoms with E-state index in [1.807, 2.05) is 43.3 Å². The zero-order chi connectivity index (χ0) is 21.3. The van der Waals surface area contributed by atoms with Crippen LogP contribution < -0.4 is 16.0 Å². The van der Waals surface area contributed by atoms with Crippen LogP contribution in [0.5, 0.6) is 0 Å². The van der Waals surface area contributed by atoms with Crippen LogP contribution in [0.1, 0.15) is 30.5 Å². The van der Waals surface area contributed by atoms with Gasteiger partial charge in [0.25, 0.3) is 0 Å². The van der Waals surface area contributed by atoms with Crippen molar-refractivity contribution in [3.63, 3.8) is 0 Å². The predicted molar refractivity (Wildman–Crippen MR) is 126 cm³/mol. The fourth-order valence-electron chi connectivity index (χ4n) is 3.10. The third-order valence-electron chi connectivity index (χ3n) is 4.91. The summed E-state index contributed by atoms with van der Waals surface area (Å²) in [5, 5.41) is 9.08. The molecule has 3 rings (SSSR count). The lowest BCUT2D eigenvalue weighted by atomic mass is 10.0. The Morgan fingerprint density at radius 3 is 1.87 bits per heavy atom. The van der Waals surface area contributed by atoms with Crippen molar-refractivity contribution in [2.45, 2.75) is 26.9 Å². The van der Waals surface area contributed by atoms with Crippen LogP contribution in [0.25, 0.3) is 16.7 Å². The fraction of sp³-hybridized carbons (Fsp3) is 0.192. The van der Waals surface area contributed by atoms with Gasteiger partial charge in [-0.3, -0.25) is 0 Å². The first kappa shape index (κ1) is 21.3. The molecule has 30 heavy (non-hydrogen) atoms. The molecule has 0 aliphatic carbocycles. The monoisotopic (exact) mass is 399 g/mol. The van der Waals surface area contributed by atoms with Gasteiger partial charge in [-0.15, -0.1) is 0 Å². The molecule has 0 heterocycles. The first-order valence-electron chi connectivity index (χ1n) is 10.2. The maximum absolute atomic E-state index is 12.2. The second-order valence-electron chi connectivity index (χ2n) is 7.34. The van der Waals surface area contributed by atoms with E-state index in [0.29, 0.717) is 6.54 Å². The van der Waals surface area contributed by atoms with Crippen molar-refractivity contribution < 1.29 is 4.79 Å². The van der Waals surface area contributed by atoms with E-state index in [-0.39, 0.29) is 6.03 Å². The van der Waals surface area contributed by atoms with Crippen LogP contribution in [0, 0.1) is 0 Å². The normalized spacial score (nSPS) is 10.5. The second-order valence-corrected chi connectivity index (χ2v) is 7.34. The zero-order valence-electron chi connectivity index (χ0n) is 17.7. The van der Waals surface area contributed by atoms with Crippen molar-refractivity contribution >= 4 is 17.3 Å². The largest absolute Gasteiger partial charge is 0.334 e. The molecule has 0 aromatic heterocycles. The highest BCUT2D eigenvalue weighted by atomic mass is 16.2. The first-order valence-corrected chi connectivity index (χ1v) is 10.2. The molecule has 3 N–H and O–H groups in total. The SMILES string of the molecule is C=C(C)c1ccc(-c2ccc(NC(=O)NCc3ccc(CNCC)cc3)cc2)cc1. The summed E-state index contributed by atoms with van der Waals surface area (Å²) in [6.07, 6.45) is 0. The fourth-order valence-corrected chi connectivity index (χ4v) is 3.10. The van der Waals surface area contributed by atoms with Crippen LogP contribution in [-0.4, -0.2) is 12.6 Å². The Hall–Kier alpha value is -3.37. The van der Waals surface area contributed by atoms with Gasteiger partial charge in [-0.05, 0) is 53.4 Å². The number of allylic oxidation sites excluding steroid dienone is 1. The van der Waals surface area contributed by atoms with E-state index in [0.717, 1.165) is 46.6 Å². The molecule has 0 unspecified atom stereocenters. The standard InChI is InChI=1S/C26H29N3O/c1-4-27-17-20-5-7-21(8-6-20)18-28-26(30)29-25-15-13-24(14-16-25)23-11-9-22(10-12-23)19(2)3/h5-16,27H,2,4,17-18H2,1,3H3,(H2,28,29,30). The van der Waals surface area contributed by atoms with Crippen LogP contribution in [0.4, 0.5) is 10.5 Å². The zero-order valence-corrected chi connectivity index (χ0v) is 17.7. The van der Waals surface area contributed by atoms with E-state index in [4.69, 9.17) is 0 Å². The summed E-state index contributed by atoms with van der Waals surface area (Å²) in [4.78, 5) is 12.2. The maximum Gasteiger partial charge on any atom is 0.319 e. The van der Waals surface area contributed by atoms with Crippen molar-refractivity contribution in [1.82, 2.24) is 10.6 Å². The third-order valence-corrected chi connectivity index (χ3v) is 4.91. The molecule has 0 fully saturated rings. The van der Waals surface area contributed by atoms with Gasteiger partial charge in [0.15, 0.2) is 0 Å². The van der Waals surface area contributed by atoms with Gasteiger partial charge in [0.05, 0.1) is 0 Å². The third kappa shape index (κ3) is 6.06. The summed E-state index contributed by atoms with van der Waals surface area (Å²) in [5.41, 5.74) is 7.49. The van der Waals surface area contributed by atoms with Gasteiger partial charge in [0, 0.05) is 18.8 Å². The molecular weight excluding hydrogens is 370 g/mol. The summed E-state index contributed by atoms with van der Waals surface area (Å²) >= 11 is 0. The predicted octanol–water partition coefficient (Wildman–Crippen LogP) is 5.82. The molecule has 0 radical (unpaired) electrons. The summed E-state index contributed by atoms with van der Waals surface area (Å²) in [5.74, 6) is 0. The highest BCUT2D eigenvalue weighted by Gasteiger charge is 2.04. The quantitative estimate of drug-likeness (QED) is 0.447. The number of amides is 2. The van der Waals surface area contributed by atoms with E-state index in [1.165, 1.54) is 5.56 Å². The molecule has 3 aromatic rings. The smallest absolute Gasteiger partial charge is 0.319 e. The molecule has 0 spiro atoms. The number of nitrogens with one attached hydrogen (secondary N) is 3. The molecule has 0 saturated heterocycles. The molecule has 2 amide bonds. The van der Waals surface area contributed by atoms with Gasteiger partial charge in [-0.25, -0.2) is 4.79 Å². The Labute approximate surface area is 179 Å². The Morgan fingerprint density at radius 1 is 0.800 bits per heavy atom. The van der Waals surface area contributed by atoms with E-state index < -0.39 is 0 Å². The van der Waals surface area contributed by atoms with Crippen LogP contribution in [0.2, 0.25) is 0 Å². The van der Waals surface area contributed by atoms with Gasteiger partial charge in [-0.2, -0.15) is 0 Å². The average Bonchev–Trinajstić information content (AvgIpc) is 2.77. The highest BCUT2D eigenvalue weighted by molar-refractivity contribution is 5.89. The number of hydrogen-bond donors (Lipinski definition) is 3. The lowest BCUT2D eigenvalue weighted by Crippen LogP contribution is -2.28. The first-order chi connectivity index (χ1) is 14.5. The molecule has 0 saturated carbocycles. The highest BCUT2D eigenvalue weighted by Crippen LogP contribution is 2.23. The van der Waals surface area contributed by atoms with Gasteiger partial charge in [-0.1, -0.05) is 79.7 Å². The molecule has 3 aromatic carbocycles. The van der Waals surface area contributed by atoms with Crippen LogP contribution in [-0.2, 0) is 13.1 Å². The van der Waals surface area contributed by atoms with Crippen LogP contribution >= 0.6 is 0 Å². The average molecular weight is 400 g/mol. The molecule has 4 heteroatoms. The second kappa shape index (κ2) is 10.4. The summed E-state index contributed by atoms with van der Waals surface area (Å²) in [6.45, 7) is 10.4.